The Balaban J connectivity index is 2.43. The van der Waals surface area contributed by atoms with Crippen molar-refractivity contribution in [3.8, 4) is 0 Å². The molecule has 0 heterocycles. The molecule has 0 aliphatic rings. The second-order valence-electron chi connectivity index (χ2n) is 4.00. The van der Waals surface area contributed by atoms with Gasteiger partial charge in [-0.2, -0.15) is 0 Å². The van der Waals surface area contributed by atoms with Crippen LogP contribution in [0.5, 0.6) is 0 Å². The largest absolute Gasteiger partial charge is 0.462 e. The zero-order valence-corrected chi connectivity index (χ0v) is 10.5. The van der Waals surface area contributed by atoms with Gasteiger partial charge in [-0.25, -0.2) is 4.79 Å². The summed E-state index contributed by atoms with van der Waals surface area (Å²) in [5.41, 5.74) is 0.549. The summed E-state index contributed by atoms with van der Waals surface area (Å²) in [7, 11) is 0. The van der Waals surface area contributed by atoms with E-state index >= 15 is 0 Å². The monoisotopic (exact) mass is 240 g/mol. The third-order valence-corrected chi connectivity index (χ3v) is 2.61. The molecule has 1 rings (SSSR count). The summed E-state index contributed by atoms with van der Waals surface area (Å²) in [6.07, 6.45) is 2.19. The molecule has 1 unspecified atom stereocenters. The van der Waals surface area contributed by atoms with Crippen LogP contribution in [0.15, 0.2) is 24.3 Å². The molecule has 2 nitrogen and oxygen atoms in total. The van der Waals surface area contributed by atoms with Gasteiger partial charge in [0.15, 0.2) is 0 Å². The second kappa shape index (κ2) is 6.54. The fourth-order valence-corrected chi connectivity index (χ4v) is 1.59. The van der Waals surface area contributed by atoms with Crippen molar-refractivity contribution in [2.45, 2.75) is 26.7 Å². The van der Waals surface area contributed by atoms with Crippen molar-refractivity contribution >= 4 is 17.6 Å². The molecule has 0 amide bonds. The average molecular weight is 241 g/mol. The summed E-state index contributed by atoms with van der Waals surface area (Å²) in [6, 6.07) is 6.73. The van der Waals surface area contributed by atoms with E-state index in [-0.39, 0.29) is 5.97 Å². The minimum absolute atomic E-state index is 0.278. The molecule has 0 radical (unpaired) electrons. The standard InChI is InChI=1S/C13H17ClO2/c1-3-4-10(2)9-16-13(15)11-5-7-12(14)8-6-11/h5-8,10H,3-4,9H2,1-2H3. The highest BCUT2D eigenvalue weighted by Gasteiger charge is 2.09. The van der Waals surface area contributed by atoms with Crippen molar-refractivity contribution in [2.75, 3.05) is 6.61 Å². The minimum atomic E-state index is -0.278. The molecule has 1 atom stereocenters. The zero-order valence-electron chi connectivity index (χ0n) is 9.70. The Bertz CT molecular complexity index is 332. The molecule has 1 aromatic carbocycles. The van der Waals surface area contributed by atoms with Crippen molar-refractivity contribution in [2.24, 2.45) is 5.92 Å². The van der Waals surface area contributed by atoms with Crippen LogP contribution < -0.4 is 0 Å². The SMILES string of the molecule is CCCC(C)COC(=O)c1ccc(Cl)cc1. The topological polar surface area (TPSA) is 26.3 Å². The smallest absolute Gasteiger partial charge is 0.338 e. The van der Waals surface area contributed by atoms with E-state index < -0.39 is 0 Å². The van der Waals surface area contributed by atoms with Gasteiger partial charge in [0.2, 0.25) is 0 Å². The maximum atomic E-state index is 11.6. The van der Waals surface area contributed by atoms with Gasteiger partial charge in [-0.1, -0.05) is 31.9 Å². The fraction of sp³-hybridized carbons (Fsp3) is 0.462. The quantitative estimate of drug-likeness (QED) is 0.729. The molecule has 0 saturated heterocycles. The van der Waals surface area contributed by atoms with E-state index in [0.29, 0.717) is 23.1 Å². The summed E-state index contributed by atoms with van der Waals surface area (Å²) in [5.74, 6) is 0.140. The molecule has 0 aliphatic heterocycles. The van der Waals surface area contributed by atoms with Gasteiger partial charge in [-0.15, -0.1) is 0 Å². The van der Waals surface area contributed by atoms with E-state index in [1.807, 2.05) is 0 Å². The number of hydrogen-bond acceptors (Lipinski definition) is 2. The molecular weight excluding hydrogens is 224 g/mol. The summed E-state index contributed by atoms with van der Waals surface area (Å²) in [6.45, 7) is 4.69. The first-order valence-electron chi connectivity index (χ1n) is 5.56. The number of carbonyl (C=O) groups excluding carboxylic acids is 1. The van der Waals surface area contributed by atoms with E-state index in [0.717, 1.165) is 12.8 Å². The van der Waals surface area contributed by atoms with Crippen LogP contribution in [0.3, 0.4) is 0 Å². The predicted octanol–water partition coefficient (Wildman–Crippen LogP) is 3.93. The molecular formula is C13H17ClO2. The second-order valence-corrected chi connectivity index (χ2v) is 4.44. The van der Waals surface area contributed by atoms with Crippen LogP contribution in [0.25, 0.3) is 0 Å². The Morgan fingerprint density at radius 3 is 2.56 bits per heavy atom. The highest BCUT2D eigenvalue weighted by atomic mass is 35.5. The maximum absolute atomic E-state index is 11.6. The summed E-state index contributed by atoms with van der Waals surface area (Å²) in [5, 5.41) is 0.621. The molecule has 0 aliphatic carbocycles. The van der Waals surface area contributed by atoms with Gasteiger partial charge < -0.3 is 4.74 Å². The fourth-order valence-electron chi connectivity index (χ4n) is 1.46. The van der Waals surface area contributed by atoms with Gasteiger partial charge in [0.25, 0.3) is 0 Å². The number of halogens is 1. The first-order valence-corrected chi connectivity index (χ1v) is 5.94. The van der Waals surface area contributed by atoms with Gasteiger partial charge in [0.05, 0.1) is 12.2 Å². The summed E-state index contributed by atoms with van der Waals surface area (Å²) in [4.78, 5) is 11.6. The summed E-state index contributed by atoms with van der Waals surface area (Å²) >= 11 is 5.73. The lowest BCUT2D eigenvalue weighted by molar-refractivity contribution is 0.0443. The molecule has 16 heavy (non-hydrogen) atoms. The number of esters is 1. The maximum Gasteiger partial charge on any atom is 0.338 e. The van der Waals surface area contributed by atoms with Crippen LogP contribution in [0, 0.1) is 5.92 Å². The molecule has 0 aromatic heterocycles. The van der Waals surface area contributed by atoms with Gasteiger partial charge in [-0.05, 0) is 36.6 Å². The molecule has 0 N–H and O–H groups in total. The number of ether oxygens (including phenoxy) is 1. The third kappa shape index (κ3) is 4.23. The third-order valence-electron chi connectivity index (χ3n) is 2.36. The van der Waals surface area contributed by atoms with Gasteiger partial charge in [0, 0.05) is 5.02 Å². The van der Waals surface area contributed by atoms with E-state index in [9.17, 15) is 4.79 Å². The molecule has 88 valence electrons. The van der Waals surface area contributed by atoms with Crippen molar-refractivity contribution in [3.63, 3.8) is 0 Å². The number of benzene rings is 1. The first-order chi connectivity index (χ1) is 7.63. The first kappa shape index (κ1) is 13.0. The van der Waals surface area contributed by atoms with E-state index in [1.54, 1.807) is 24.3 Å². The lowest BCUT2D eigenvalue weighted by Gasteiger charge is -2.10. The van der Waals surface area contributed by atoms with Crippen LogP contribution >= 0.6 is 11.6 Å². The number of hydrogen-bond donors (Lipinski definition) is 0. The van der Waals surface area contributed by atoms with Crippen molar-refractivity contribution in [1.82, 2.24) is 0 Å². The Morgan fingerprint density at radius 1 is 1.38 bits per heavy atom. The van der Waals surface area contributed by atoms with Crippen molar-refractivity contribution in [1.29, 1.82) is 0 Å². The normalized spacial score (nSPS) is 12.2. The molecule has 3 heteroatoms. The molecule has 1 aromatic rings. The predicted molar refractivity (Wildman–Crippen MR) is 65.8 cm³/mol. The molecule has 0 spiro atoms. The van der Waals surface area contributed by atoms with E-state index in [4.69, 9.17) is 16.3 Å². The minimum Gasteiger partial charge on any atom is -0.462 e. The van der Waals surface area contributed by atoms with Crippen LogP contribution in [-0.2, 0) is 4.74 Å². The van der Waals surface area contributed by atoms with Crippen molar-refractivity contribution in [3.05, 3.63) is 34.9 Å². The molecule has 0 bridgehead atoms. The number of carbonyl (C=O) groups is 1. The van der Waals surface area contributed by atoms with Crippen LogP contribution in [0.1, 0.15) is 37.0 Å². The Morgan fingerprint density at radius 2 is 2.00 bits per heavy atom. The van der Waals surface area contributed by atoms with Crippen molar-refractivity contribution < 1.29 is 9.53 Å². The van der Waals surface area contributed by atoms with E-state index in [2.05, 4.69) is 13.8 Å². The van der Waals surface area contributed by atoms with Crippen LogP contribution in [0.2, 0.25) is 5.02 Å². The lowest BCUT2D eigenvalue weighted by atomic mass is 10.1. The Labute approximate surface area is 102 Å². The lowest BCUT2D eigenvalue weighted by Crippen LogP contribution is -2.11. The molecule has 0 saturated carbocycles. The number of rotatable bonds is 5. The average Bonchev–Trinajstić information content (AvgIpc) is 2.27. The molecule has 0 fully saturated rings. The van der Waals surface area contributed by atoms with Gasteiger partial charge in [-0.3, -0.25) is 0 Å². The Kier molecular flexibility index (Phi) is 5.33. The highest BCUT2D eigenvalue weighted by Crippen LogP contribution is 2.12. The van der Waals surface area contributed by atoms with E-state index in [1.165, 1.54) is 0 Å². The Hall–Kier alpha value is -1.02. The van der Waals surface area contributed by atoms with Crippen LogP contribution in [0.4, 0.5) is 0 Å². The van der Waals surface area contributed by atoms with Gasteiger partial charge >= 0.3 is 5.97 Å². The highest BCUT2D eigenvalue weighted by molar-refractivity contribution is 6.30. The zero-order chi connectivity index (χ0) is 12.0. The summed E-state index contributed by atoms with van der Waals surface area (Å²) < 4.78 is 5.20. The van der Waals surface area contributed by atoms with Crippen LogP contribution in [-0.4, -0.2) is 12.6 Å². The van der Waals surface area contributed by atoms with Gasteiger partial charge in [0.1, 0.15) is 0 Å².